The number of benzene rings is 1. The molecule has 2 rings (SSSR count). The third-order valence-electron chi connectivity index (χ3n) is 2.25. The van der Waals surface area contributed by atoms with E-state index in [1.165, 1.54) is 24.4 Å². The Morgan fingerprint density at radius 2 is 2.00 bits per heavy atom. The van der Waals surface area contributed by atoms with Gasteiger partial charge in [-0.1, -0.05) is 0 Å². The number of halogens is 3. The van der Waals surface area contributed by atoms with Crippen molar-refractivity contribution in [3.8, 4) is 0 Å². The second-order valence-electron chi connectivity index (χ2n) is 3.57. The Morgan fingerprint density at radius 3 is 2.65 bits per heavy atom. The van der Waals surface area contributed by atoms with E-state index in [0.29, 0.717) is 15.7 Å². The Hall–Kier alpha value is -1.49. The predicted molar refractivity (Wildman–Crippen MR) is 66.3 cm³/mol. The van der Waals surface area contributed by atoms with Crippen LogP contribution in [0.15, 0.2) is 34.9 Å². The maximum Gasteiger partial charge on any atom is 0.166 e. The molecular formula is C12H9BrF2N2. The van der Waals surface area contributed by atoms with E-state index in [0.717, 1.165) is 0 Å². The molecule has 0 aliphatic heterocycles. The molecule has 0 atom stereocenters. The van der Waals surface area contributed by atoms with Gasteiger partial charge in [0.1, 0.15) is 5.82 Å². The first-order valence-electron chi connectivity index (χ1n) is 4.90. The molecule has 1 heterocycles. The third kappa shape index (κ3) is 2.79. The lowest BCUT2D eigenvalue weighted by atomic mass is 10.2. The number of nitrogens with zero attached hydrogens (tertiary/aromatic N) is 1. The normalized spacial score (nSPS) is 10.4. The molecule has 0 spiro atoms. The van der Waals surface area contributed by atoms with Gasteiger partial charge < -0.3 is 5.32 Å². The highest BCUT2D eigenvalue weighted by atomic mass is 79.9. The lowest BCUT2D eigenvalue weighted by Crippen LogP contribution is -1.99. The van der Waals surface area contributed by atoms with E-state index >= 15 is 0 Å². The standard InChI is InChI=1S/C12H9BrF2N2/c1-7-4-9(14)2-3-11(7)17-12-10(15)5-8(13)6-16-12/h2-6H,1H3,(H,16,17). The average Bonchev–Trinajstić information content (AvgIpc) is 2.25. The molecule has 0 saturated carbocycles. The monoisotopic (exact) mass is 298 g/mol. The van der Waals surface area contributed by atoms with E-state index in [4.69, 9.17) is 0 Å². The second-order valence-corrected chi connectivity index (χ2v) is 4.48. The molecule has 0 aliphatic rings. The summed E-state index contributed by atoms with van der Waals surface area (Å²) in [6, 6.07) is 5.55. The second kappa shape index (κ2) is 4.79. The van der Waals surface area contributed by atoms with Crippen molar-refractivity contribution in [3.05, 3.63) is 52.1 Å². The van der Waals surface area contributed by atoms with Gasteiger partial charge in [0.15, 0.2) is 11.6 Å². The summed E-state index contributed by atoms with van der Waals surface area (Å²) in [4.78, 5) is 3.91. The van der Waals surface area contributed by atoms with Crippen LogP contribution in [0.3, 0.4) is 0 Å². The van der Waals surface area contributed by atoms with Crippen LogP contribution in [0.2, 0.25) is 0 Å². The number of nitrogens with one attached hydrogen (secondary N) is 1. The summed E-state index contributed by atoms with van der Waals surface area (Å²) in [6.07, 6.45) is 1.49. The van der Waals surface area contributed by atoms with Crippen LogP contribution in [0.25, 0.3) is 0 Å². The molecule has 1 aromatic heterocycles. The van der Waals surface area contributed by atoms with Crippen molar-refractivity contribution in [2.45, 2.75) is 6.92 Å². The van der Waals surface area contributed by atoms with Gasteiger partial charge in [-0.05, 0) is 52.7 Å². The quantitative estimate of drug-likeness (QED) is 0.900. The first-order valence-corrected chi connectivity index (χ1v) is 5.70. The third-order valence-corrected chi connectivity index (χ3v) is 2.68. The lowest BCUT2D eigenvalue weighted by molar-refractivity contribution is 0.624. The summed E-state index contributed by atoms with van der Waals surface area (Å²) in [7, 11) is 0. The molecule has 0 amide bonds. The van der Waals surface area contributed by atoms with Gasteiger partial charge in [0.25, 0.3) is 0 Å². The summed E-state index contributed by atoms with van der Waals surface area (Å²) in [5.41, 5.74) is 1.31. The Labute approximate surface area is 106 Å². The SMILES string of the molecule is Cc1cc(F)ccc1Nc1ncc(Br)cc1F. The summed E-state index contributed by atoms with van der Waals surface area (Å²) < 4.78 is 27.0. The predicted octanol–water partition coefficient (Wildman–Crippen LogP) is 4.17. The van der Waals surface area contributed by atoms with Crippen molar-refractivity contribution in [2.75, 3.05) is 5.32 Å². The van der Waals surface area contributed by atoms with E-state index in [1.807, 2.05) is 0 Å². The summed E-state index contributed by atoms with van der Waals surface area (Å²) in [5, 5.41) is 2.82. The van der Waals surface area contributed by atoms with E-state index < -0.39 is 5.82 Å². The summed E-state index contributed by atoms with van der Waals surface area (Å²) in [6.45, 7) is 1.74. The van der Waals surface area contributed by atoms with Gasteiger partial charge in [-0.2, -0.15) is 0 Å². The minimum absolute atomic E-state index is 0.114. The molecule has 2 nitrogen and oxygen atoms in total. The molecule has 5 heteroatoms. The summed E-state index contributed by atoms with van der Waals surface area (Å²) in [5.74, 6) is -0.678. The first-order chi connectivity index (χ1) is 8.06. The van der Waals surface area contributed by atoms with E-state index in [2.05, 4.69) is 26.2 Å². The van der Waals surface area contributed by atoms with Gasteiger partial charge in [-0.15, -0.1) is 0 Å². The van der Waals surface area contributed by atoms with Crippen molar-refractivity contribution in [2.24, 2.45) is 0 Å². The van der Waals surface area contributed by atoms with E-state index in [-0.39, 0.29) is 11.6 Å². The average molecular weight is 299 g/mol. The van der Waals surface area contributed by atoms with Gasteiger partial charge in [0.2, 0.25) is 0 Å². The molecule has 0 saturated heterocycles. The number of anilines is 2. The fourth-order valence-electron chi connectivity index (χ4n) is 1.40. The van der Waals surface area contributed by atoms with Crippen LogP contribution in [0.4, 0.5) is 20.3 Å². The van der Waals surface area contributed by atoms with E-state index in [1.54, 1.807) is 13.0 Å². The summed E-state index contributed by atoms with van der Waals surface area (Å²) >= 11 is 3.13. The van der Waals surface area contributed by atoms with Crippen LogP contribution in [0.1, 0.15) is 5.56 Å². The topological polar surface area (TPSA) is 24.9 Å². The minimum atomic E-state index is -0.469. The molecule has 0 aliphatic carbocycles. The van der Waals surface area contributed by atoms with Crippen LogP contribution < -0.4 is 5.32 Å². The molecule has 1 N–H and O–H groups in total. The van der Waals surface area contributed by atoms with Crippen LogP contribution in [-0.4, -0.2) is 4.98 Å². The lowest BCUT2D eigenvalue weighted by Gasteiger charge is -2.09. The molecule has 0 bridgehead atoms. The number of pyridine rings is 1. The van der Waals surface area contributed by atoms with Crippen LogP contribution in [0.5, 0.6) is 0 Å². The first kappa shape index (κ1) is 12.0. The van der Waals surface area contributed by atoms with Crippen molar-refractivity contribution in [1.29, 1.82) is 0 Å². The molecule has 2 aromatic rings. The van der Waals surface area contributed by atoms with Gasteiger partial charge >= 0.3 is 0 Å². The van der Waals surface area contributed by atoms with Gasteiger partial charge in [-0.25, -0.2) is 13.8 Å². The fraction of sp³-hybridized carbons (Fsp3) is 0.0833. The Bertz CT molecular complexity index is 509. The highest BCUT2D eigenvalue weighted by molar-refractivity contribution is 9.10. The molecule has 17 heavy (non-hydrogen) atoms. The maximum absolute atomic E-state index is 13.5. The number of rotatable bonds is 2. The number of hydrogen-bond donors (Lipinski definition) is 1. The maximum atomic E-state index is 13.5. The smallest absolute Gasteiger partial charge is 0.166 e. The fourth-order valence-corrected chi connectivity index (χ4v) is 1.70. The Balaban J connectivity index is 2.31. The zero-order valence-corrected chi connectivity index (χ0v) is 10.6. The number of aryl methyl sites for hydroxylation is 1. The Kier molecular flexibility index (Phi) is 3.38. The number of aromatic nitrogens is 1. The largest absolute Gasteiger partial charge is 0.338 e. The minimum Gasteiger partial charge on any atom is -0.338 e. The highest BCUT2D eigenvalue weighted by Crippen LogP contribution is 2.23. The van der Waals surface area contributed by atoms with Crippen LogP contribution in [-0.2, 0) is 0 Å². The highest BCUT2D eigenvalue weighted by Gasteiger charge is 2.06. The van der Waals surface area contributed by atoms with Crippen molar-refractivity contribution < 1.29 is 8.78 Å². The Morgan fingerprint density at radius 1 is 1.24 bits per heavy atom. The van der Waals surface area contributed by atoms with Gasteiger partial charge in [0, 0.05) is 16.4 Å². The zero-order chi connectivity index (χ0) is 12.4. The van der Waals surface area contributed by atoms with Crippen LogP contribution >= 0.6 is 15.9 Å². The molecule has 1 aromatic carbocycles. The molecule has 88 valence electrons. The van der Waals surface area contributed by atoms with Crippen molar-refractivity contribution in [1.82, 2.24) is 4.98 Å². The van der Waals surface area contributed by atoms with E-state index in [9.17, 15) is 8.78 Å². The number of hydrogen-bond acceptors (Lipinski definition) is 2. The molecular weight excluding hydrogens is 290 g/mol. The molecule has 0 radical (unpaired) electrons. The van der Waals surface area contributed by atoms with Gasteiger partial charge in [-0.3, -0.25) is 0 Å². The van der Waals surface area contributed by atoms with Crippen molar-refractivity contribution >= 4 is 27.4 Å². The zero-order valence-electron chi connectivity index (χ0n) is 8.97. The molecule has 0 fully saturated rings. The van der Waals surface area contributed by atoms with Crippen molar-refractivity contribution in [3.63, 3.8) is 0 Å². The molecule has 0 unspecified atom stereocenters. The van der Waals surface area contributed by atoms with Crippen LogP contribution in [0, 0.1) is 18.6 Å². The van der Waals surface area contributed by atoms with Gasteiger partial charge in [0.05, 0.1) is 0 Å².